The van der Waals surface area contributed by atoms with Crippen LogP contribution in [0.25, 0.3) is 6.08 Å². The summed E-state index contributed by atoms with van der Waals surface area (Å²) in [6, 6.07) is 23.3. The Hall–Kier alpha value is -2.59. The molecule has 0 bridgehead atoms. The molecule has 1 aliphatic heterocycles. The molecule has 2 atom stereocenters. The van der Waals surface area contributed by atoms with Gasteiger partial charge in [-0.2, -0.15) is 5.10 Å². The number of furan rings is 1. The van der Waals surface area contributed by atoms with Crippen LogP contribution in [0.15, 0.2) is 92.6 Å². The highest BCUT2D eigenvalue weighted by molar-refractivity contribution is 9.10. The number of hydrazone groups is 1. The van der Waals surface area contributed by atoms with Crippen LogP contribution in [0, 0.1) is 5.92 Å². The lowest BCUT2D eigenvalue weighted by Crippen LogP contribution is -2.28. The number of para-hydroxylation sites is 1. The van der Waals surface area contributed by atoms with Gasteiger partial charge in [0.15, 0.2) is 0 Å². The van der Waals surface area contributed by atoms with Crippen LogP contribution in [0.5, 0.6) is 0 Å². The zero-order valence-corrected chi connectivity index (χ0v) is 17.0. The Morgan fingerprint density at radius 1 is 1.00 bits per heavy atom. The quantitative estimate of drug-likeness (QED) is 0.452. The molecule has 4 heteroatoms. The predicted molar refractivity (Wildman–Crippen MR) is 117 cm³/mol. The molecule has 3 nitrogen and oxygen atoms in total. The first-order valence-corrected chi connectivity index (χ1v) is 10.5. The highest BCUT2D eigenvalue weighted by Crippen LogP contribution is 2.46. The van der Waals surface area contributed by atoms with Crippen molar-refractivity contribution in [1.29, 1.82) is 0 Å². The van der Waals surface area contributed by atoms with E-state index in [-0.39, 0.29) is 6.04 Å². The zero-order valence-electron chi connectivity index (χ0n) is 15.5. The number of halogens is 1. The van der Waals surface area contributed by atoms with Crippen molar-refractivity contribution < 1.29 is 4.42 Å². The lowest BCUT2D eigenvalue weighted by molar-refractivity contribution is 0.487. The van der Waals surface area contributed by atoms with E-state index in [9.17, 15) is 0 Å². The summed E-state index contributed by atoms with van der Waals surface area (Å²) in [6.07, 6.45) is 7.26. The van der Waals surface area contributed by atoms with E-state index >= 15 is 0 Å². The number of hydrogen-bond donors (Lipinski definition) is 0. The van der Waals surface area contributed by atoms with E-state index in [4.69, 9.17) is 9.52 Å². The molecular weight excluding hydrogens is 412 g/mol. The van der Waals surface area contributed by atoms with E-state index in [1.54, 1.807) is 6.26 Å². The lowest BCUT2D eigenvalue weighted by atomic mass is 9.77. The standard InChI is InChI=1S/C24H21BrN2O/c25-19-13-11-17(12-14-19)24-22-10-4-6-18(16-21-9-5-15-28-21)23(22)26-27(24)20-7-2-1-3-8-20/h1-3,5,7-9,11-16,22,24H,4,6,10H2/b18-16+/t22-,24+/m0/s1. The fourth-order valence-corrected chi connectivity index (χ4v) is 4.60. The molecule has 0 spiro atoms. The molecule has 0 saturated heterocycles. The monoisotopic (exact) mass is 432 g/mol. The van der Waals surface area contributed by atoms with Gasteiger partial charge in [0.1, 0.15) is 5.76 Å². The number of allylic oxidation sites excluding steroid dienone is 1. The van der Waals surface area contributed by atoms with Gasteiger partial charge in [-0.1, -0.05) is 46.3 Å². The summed E-state index contributed by atoms with van der Waals surface area (Å²) >= 11 is 3.56. The van der Waals surface area contributed by atoms with Gasteiger partial charge < -0.3 is 4.42 Å². The molecule has 0 radical (unpaired) electrons. The van der Waals surface area contributed by atoms with Gasteiger partial charge >= 0.3 is 0 Å². The van der Waals surface area contributed by atoms with Crippen molar-refractivity contribution >= 4 is 33.4 Å². The fourth-order valence-electron chi connectivity index (χ4n) is 4.33. The van der Waals surface area contributed by atoms with Crippen molar-refractivity contribution in [1.82, 2.24) is 0 Å². The van der Waals surface area contributed by atoms with Crippen LogP contribution >= 0.6 is 15.9 Å². The minimum Gasteiger partial charge on any atom is -0.465 e. The van der Waals surface area contributed by atoms with E-state index in [0.717, 1.165) is 28.8 Å². The van der Waals surface area contributed by atoms with Crippen molar-refractivity contribution in [3.8, 4) is 0 Å². The Bertz CT molecular complexity index is 1010. The second-order valence-corrected chi connectivity index (χ2v) is 8.26. The molecule has 0 unspecified atom stereocenters. The average molecular weight is 433 g/mol. The number of nitrogens with zero attached hydrogens (tertiary/aromatic N) is 2. The largest absolute Gasteiger partial charge is 0.465 e. The van der Waals surface area contributed by atoms with E-state index in [0.29, 0.717) is 5.92 Å². The minimum atomic E-state index is 0.214. The smallest absolute Gasteiger partial charge is 0.126 e. The second kappa shape index (κ2) is 7.44. The Balaban J connectivity index is 1.60. The van der Waals surface area contributed by atoms with E-state index in [1.807, 2.05) is 12.1 Å². The van der Waals surface area contributed by atoms with E-state index < -0.39 is 0 Å². The molecule has 1 saturated carbocycles. The van der Waals surface area contributed by atoms with Crippen LogP contribution in [-0.2, 0) is 0 Å². The minimum absolute atomic E-state index is 0.214. The SMILES string of the molecule is Brc1ccc([C@@H]2[C@H]3CCC/C(=C\c4ccco4)C3=NN2c2ccccc2)cc1. The maximum absolute atomic E-state index is 5.57. The summed E-state index contributed by atoms with van der Waals surface area (Å²) in [6.45, 7) is 0. The number of fused-ring (bicyclic) bond motifs is 1. The zero-order chi connectivity index (χ0) is 18.9. The van der Waals surface area contributed by atoms with Crippen molar-refractivity contribution in [3.63, 3.8) is 0 Å². The van der Waals surface area contributed by atoms with Gasteiger partial charge in [-0.25, -0.2) is 0 Å². The Morgan fingerprint density at radius 2 is 1.82 bits per heavy atom. The molecule has 5 rings (SSSR count). The maximum Gasteiger partial charge on any atom is 0.126 e. The van der Waals surface area contributed by atoms with Crippen molar-refractivity contribution in [2.75, 3.05) is 5.01 Å². The molecule has 3 aromatic rings. The van der Waals surface area contributed by atoms with Crippen LogP contribution in [0.1, 0.15) is 36.6 Å². The number of benzene rings is 2. The van der Waals surface area contributed by atoms with Crippen LogP contribution in [-0.4, -0.2) is 5.71 Å². The Morgan fingerprint density at radius 3 is 2.57 bits per heavy atom. The molecule has 1 aromatic heterocycles. The third kappa shape index (κ3) is 3.22. The molecule has 140 valence electrons. The number of hydrogen-bond acceptors (Lipinski definition) is 3. The summed E-state index contributed by atoms with van der Waals surface area (Å²) in [7, 11) is 0. The van der Waals surface area contributed by atoms with Crippen molar-refractivity contribution in [3.05, 3.63) is 94.4 Å². The van der Waals surface area contributed by atoms with Crippen LogP contribution < -0.4 is 5.01 Å². The first-order valence-electron chi connectivity index (χ1n) is 9.72. The summed E-state index contributed by atoms with van der Waals surface area (Å²) < 4.78 is 6.67. The van der Waals surface area contributed by atoms with Gasteiger partial charge in [0.25, 0.3) is 0 Å². The van der Waals surface area contributed by atoms with Gasteiger partial charge in [0.2, 0.25) is 0 Å². The molecule has 2 aromatic carbocycles. The van der Waals surface area contributed by atoms with Crippen molar-refractivity contribution in [2.24, 2.45) is 11.0 Å². The predicted octanol–water partition coefficient (Wildman–Crippen LogP) is 6.84. The van der Waals surface area contributed by atoms with Gasteiger partial charge in [-0.15, -0.1) is 0 Å². The third-order valence-electron chi connectivity index (χ3n) is 5.59. The Labute approximate surface area is 173 Å². The van der Waals surface area contributed by atoms with Crippen LogP contribution in [0.3, 0.4) is 0 Å². The van der Waals surface area contributed by atoms with Crippen molar-refractivity contribution in [2.45, 2.75) is 25.3 Å². The van der Waals surface area contributed by atoms with E-state index in [2.05, 4.69) is 81.6 Å². The summed E-state index contributed by atoms with van der Waals surface area (Å²) in [5, 5.41) is 7.36. The van der Waals surface area contributed by atoms with E-state index in [1.165, 1.54) is 23.3 Å². The molecule has 0 N–H and O–H groups in total. The lowest BCUT2D eigenvalue weighted by Gasteiger charge is -2.30. The normalized spacial score (nSPS) is 23.0. The van der Waals surface area contributed by atoms with Crippen LogP contribution in [0.2, 0.25) is 0 Å². The van der Waals surface area contributed by atoms with Gasteiger partial charge in [0, 0.05) is 10.4 Å². The molecule has 2 aliphatic rings. The second-order valence-electron chi connectivity index (χ2n) is 7.35. The summed E-state index contributed by atoms with van der Waals surface area (Å²) in [5.74, 6) is 1.29. The fraction of sp³-hybridized carbons (Fsp3) is 0.208. The number of anilines is 1. The molecule has 28 heavy (non-hydrogen) atoms. The third-order valence-corrected chi connectivity index (χ3v) is 6.12. The summed E-state index contributed by atoms with van der Waals surface area (Å²) in [5.41, 5.74) is 4.94. The molecule has 1 fully saturated rings. The van der Waals surface area contributed by atoms with Gasteiger partial charge in [-0.05, 0) is 72.9 Å². The topological polar surface area (TPSA) is 28.7 Å². The number of rotatable bonds is 3. The first-order chi connectivity index (χ1) is 13.8. The summed E-state index contributed by atoms with van der Waals surface area (Å²) in [4.78, 5) is 0. The molecular formula is C24H21BrN2O. The van der Waals surface area contributed by atoms with Crippen LogP contribution in [0.4, 0.5) is 5.69 Å². The molecule has 0 amide bonds. The highest BCUT2D eigenvalue weighted by Gasteiger charge is 2.41. The molecule has 2 heterocycles. The maximum atomic E-state index is 5.57. The van der Waals surface area contributed by atoms with Gasteiger partial charge in [0.05, 0.1) is 23.7 Å². The first kappa shape index (κ1) is 17.5. The average Bonchev–Trinajstić information content (AvgIpc) is 3.38. The highest BCUT2D eigenvalue weighted by atomic mass is 79.9. The Kier molecular flexibility index (Phi) is 4.65. The molecule has 1 aliphatic carbocycles. The van der Waals surface area contributed by atoms with Gasteiger partial charge in [-0.3, -0.25) is 5.01 Å².